The molecule has 0 saturated carbocycles. The van der Waals surface area contributed by atoms with Crippen LogP contribution >= 0.6 is 11.8 Å². The maximum atomic E-state index is 12.1. The highest BCUT2D eigenvalue weighted by molar-refractivity contribution is 7.99. The summed E-state index contributed by atoms with van der Waals surface area (Å²) in [6, 6.07) is -1.27. The number of carbonyl (C=O) groups is 2. The van der Waals surface area contributed by atoms with Crippen LogP contribution in [-0.2, 0) is 11.2 Å². The van der Waals surface area contributed by atoms with E-state index in [4.69, 9.17) is 0 Å². The number of imidazole rings is 1. The summed E-state index contributed by atoms with van der Waals surface area (Å²) in [4.78, 5) is 31.7. The van der Waals surface area contributed by atoms with E-state index in [2.05, 4.69) is 22.2 Å². The lowest BCUT2D eigenvalue weighted by Gasteiger charge is -2.31. The fraction of sp³-hybridized carbons (Fsp3) is 0.583. The molecule has 110 valence electrons. The van der Waals surface area contributed by atoms with Gasteiger partial charge in [-0.2, -0.15) is 11.8 Å². The molecule has 8 heteroatoms. The molecule has 20 heavy (non-hydrogen) atoms. The van der Waals surface area contributed by atoms with Crippen LogP contribution in [-0.4, -0.2) is 62.1 Å². The molecule has 7 nitrogen and oxygen atoms in total. The van der Waals surface area contributed by atoms with E-state index in [-0.39, 0.29) is 12.5 Å². The molecular formula is C12H18N4O3S. The van der Waals surface area contributed by atoms with Crippen molar-refractivity contribution in [1.82, 2.24) is 20.2 Å². The Hall–Kier alpha value is -1.70. The number of aromatic amines is 1. The van der Waals surface area contributed by atoms with Crippen molar-refractivity contribution in [2.75, 3.05) is 18.8 Å². The fourth-order valence-electron chi connectivity index (χ4n) is 2.06. The molecule has 2 heterocycles. The minimum Gasteiger partial charge on any atom is -0.480 e. The SMILES string of the molecule is CC1CN(C(=O)N[C@@H](Cc2cnc[nH]2)C(=O)O)CCS1. The maximum Gasteiger partial charge on any atom is 0.326 e. The van der Waals surface area contributed by atoms with E-state index in [1.165, 1.54) is 6.33 Å². The molecule has 0 radical (unpaired) electrons. The van der Waals surface area contributed by atoms with Crippen LogP contribution in [0.5, 0.6) is 0 Å². The first-order valence-corrected chi connectivity index (χ1v) is 7.48. The molecule has 3 N–H and O–H groups in total. The third-order valence-corrected chi connectivity index (χ3v) is 4.24. The van der Waals surface area contributed by atoms with Gasteiger partial charge in [0.25, 0.3) is 0 Å². The fourth-order valence-corrected chi connectivity index (χ4v) is 3.07. The number of amides is 2. The maximum absolute atomic E-state index is 12.1. The number of thioether (sulfide) groups is 1. The second-order valence-electron chi connectivity index (χ2n) is 4.75. The molecule has 0 aliphatic carbocycles. The summed E-state index contributed by atoms with van der Waals surface area (Å²) in [6.07, 6.45) is 3.24. The van der Waals surface area contributed by atoms with Crippen molar-refractivity contribution in [3.05, 3.63) is 18.2 Å². The smallest absolute Gasteiger partial charge is 0.326 e. The van der Waals surface area contributed by atoms with Gasteiger partial charge in [-0.05, 0) is 0 Å². The van der Waals surface area contributed by atoms with E-state index in [0.717, 1.165) is 5.75 Å². The Morgan fingerprint density at radius 3 is 3.10 bits per heavy atom. The van der Waals surface area contributed by atoms with Gasteiger partial charge in [-0.25, -0.2) is 14.6 Å². The zero-order chi connectivity index (χ0) is 14.5. The number of rotatable bonds is 4. The summed E-state index contributed by atoms with van der Waals surface area (Å²) in [7, 11) is 0. The molecule has 2 atom stereocenters. The summed E-state index contributed by atoms with van der Waals surface area (Å²) in [5.41, 5.74) is 0.681. The summed E-state index contributed by atoms with van der Waals surface area (Å²) >= 11 is 1.82. The Morgan fingerprint density at radius 2 is 2.50 bits per heavy atom. The van der Waals surface area contributed by atoms with Crippen molar-refractivity contribution in [3.63, 3.8) is 0 Å². The lowest BCUT2D eigenvalue weighted by atomic mass is 10.1. The number of H-pyrrole nitrogens is 1. The van der Waals surface area contributed by atoms with Crippen molar-refractivity contribution >= 4 is 23.8 Å². The monoisotopic (exact) mass is 298 g/mol. The highest BCUT2D eigenvalue weighted by Crippen LogP contribution is 2.17. The van der Waals surface area contributed by atoms with Gasteiger partial charge in [-0.1, -0.05) is 6.92 Å². The number of carboxylic acids is 1. The lowest BCUT2D eigenvalue weighted by Crippen LogP contribution is -2.52. The van der Waals surface area contributed by atoms with E-state index in [1.807, 2.05) is 11.8 Å². The minimum absolute atomic E-state index is 0.194. The van der Waals surface area contributed by atoms with Gasteiger partial charge in [-0.3, -0.25) is 0 Å². The molecule has 0 spiro atoms. The molecule has 1 saturated heterocycles. The number of carboxylic acid groups (broad SMARTS) is 1. The van der Waals surface area contributed by atoms with E-state index in [9.17, 15) is 14.7 Å². The first-order chi connectivity index (χ1) is 9.56. The number of hydrogen-bond acceptors (Lipinski definition) is 4. The number of aliphatic carboxylic acids is 1. The van der Waals surface area contributed by atoms with E-state index >= 15 is 0 Å². The number of nitrogens with one attached hydrogen (secondary N) is 2. The van der Waals surface area contributed by atoms with Crippen LogP contribution < -0.4 is 5.32 Å². The third kappa shape index (κ3) is 3.89. The molecule has 2 rings (SSSR count). The average Bonchev–Trinajstić information content (AvgIpc) is 2.90. The zero-order valence-corrected chi connectivity index (χ0v) is 12.0. The summed E-state index contributed by atoms with van der Waals surface area (Å²) in [5.74, 6) is -0.167. The third-order valence-electron chi connectivity index (χ3n) is 3.10. The second-order valence-corrected chi connectivity index (χ2v) is 6.30. The Labute approximate surface area is 121 Å². The first-order valence-electron chi connectivity index (χ1n) is 6.43. The normalized spacial score (nSPS) is 20.4. The number of aromatic nitrogens is 2. The van der Waals surface area contributed by atoms with Gasteiger partial charge in [0.15, 0.2) is 0 Å². The number of hydrogen-bond donors (Lipinski definition) is 3. The van der Waals surface area contributed by atoms with Crippen molar-refractivity contribution in [1.29, 1.82) is 0 Å². The molecule has 2 amide bonds. The van der Waals surface area contributed by atoms with Gasteiger partial charge >= 0.3 is 12.0 Å². The Balaban J connectivity index is 1.93. The topological polar surface area (TPSA) is 98.3 Å². The molecule has 0 bridgehead atoms. The number of nitrogens with zero attached hydrogens (tertiary/aromatic N) is 2. The highest BCUT2D eigenvalue weighted by atomic mass is 32.2. The molecule has 1 aromatic heterocycles. The molecule has 0 aromatic carbocycles. The van der Waals surface area contributed by atoms with Gasteiger partial charge in [0.05, 0.1) is 6.33 Å². The van der Waals surface area contributed by atoms with Crippen LogP contribution in [0, 0.1) is 0 Å². The van der Waals surface area contributed by atoms with Gasteiger partial charge in [0.1, 0.15) is 6.04 Å². The van der Waals surface area contributed by atoms with Crippen LogP contribution in [0.25, 0.3) is 0 Å². The summed E-state index contributed by atoms with van der Waals surface area (Å²) in [5, 5.41) is 12.2. The van der Waals surface area contributed by atoms with Crippen molar-refractivity contribution in [3.8, 4) is 0 Å². The first kappa shape index (κ1) is 14.7. The van der Waals surface area contributed by atoms with Crippen LogP contribution in [0.3, 0.4) is 0 Å². The molecule has 1 aliphatic heterocycles. The van der Waals surface area contributed by atoms with Crippen LogP contribution in [0.2, 0.25) is 0 Å². The van der Waals surface area contributed by atoms with Crippen molar-refractivity contribution in [2.45, 2.75) is 24.6 Å². The minimum atomic E-state index is -1.05. The van der Waals surface area contributed by atoms with E-state index in [1.54, 1.807) is 11.1 Å². The van der Waals surface area contributed by atoms with Crippen LogP contribution in [0.4, 0.5) is 4.79 Å². The molecular weight excluding hydrogens is 280 g/mol. The van der Waals surface area contributed by atoms with Gasteiger partial charge in [0, 0.05) is 42.4 Å². The average molecular weight is 298 g/mol. The van der Waals surface area contributed by atoms with Crippen molar-refractivity contribution in [2.24, 2.45) is 0 Å². The summed E-state index contributed by atoms with van der Waals surface area (Å²) < 4.78 is 0. The Morgan fingerprint density at radius 1 is 1.70 bits per heavy atom. The van der Waals surface area contributed by atoms with E-state index in [0.29, 0.717) is 24.0 Å². The van der Waals surface area contributed by atoms with Crippen LogP contribution in [0.15, 0.2) is 12.5 Å². The molecule has 1 fully saturated rings. The second kappa shape index (κ2) is 6.65. The van der Waals surface area contributed by atoms with Crippen molar-refractivity contribution < 1.29 is 14.7 Å². The summed E-state index contributed by atoms with van der Waals surface area (Å²) in [6.45, 7) is 3.35. The van der Waals surface area contributed by atoms with Gasteiger partial charge in [-0.15, -0.1) is 0 Å². The lowest BCUT2D eigenvalue weighted by molar-refractivity contribution is -0.139. The van der Waals surface area contributed by atoms with Gasteiger partial charge in [0.2, 0.25) is 0 Å². The number of carbonyl (C=O) groups excluding carboxylic acids is 1. The van der Waals surface area contributed by atoms with Crippen LogP contribution in [0.1, 0.15) is 12.6 Å². The standard InChI is InChI=1S/C12H18N4O3S/c1-8-6-16(2-3-20-8)12(19)15-10(11(17)18)4-9-5-13-7-14-9/h5,7-8,10H,2-4,6H2,1H3,(H,13,14)(H,15,19)(H,17,18)/t8?,10-/m0/s1. The quantitative estimate of drug-likeness (QED) is 0.754. The Bertz CT molecular complexity index is 465. The van der Waals surface area contributed by atoms with E-state index < -0.39 is 12.0 Å². The molecule has 1 aliphatic rings. The zero-order valence-electron chi connectivity index (χ0n) is 11.2. The highest BCUT2D eigenvalue weighted by Gasteiger charge is 2.26. The predicted octanol–water partition coefficient (Wildman–Crippen LogP) is 0.552. The largest absolute Gasteiger partial charge is 0.480 e. The molecule has 1 unspecified atom stereocenters. The Kier molecular flexibility index (Phi) is 4.89. The van der Waals surface area contributed by atoms with Gasteiger partial charge < -0.3 is 20.3 Å². The number of urea groups is 1. The molecule has 1 aromatic rings. The predicted molar refractivity (Wildman–Crippen MR) is 75.7 cm³/mol.